The highest BCUT2D eigenvalue weighted by Gasteiger charge is 2.07. The molecule has 3 nitrogen and oxygen atoms in total. The Bertz CT molecular complexity index is 543. The van der Waals surface area contributed by atoms with Gasteiger partial charge in [0.2, 0.25) is 0 Å². The number of nitrogens with zero attached hydrogens (tertiary/aromatic N) is 2. The number of hydrogen-bond donors (Lipinski definition) is 1. The second-order valence-electron chi connectivity index (χ2n) is 5.09. The van der Waals surface area contributed by atoms with Crippen LogP contribution in [0.3, 0.4) is 0 Å². The molecule has 0 saturated heterocycles. The summed E-state index contributed by atoms with van der Waals surface area (Å²) >= 11 is 0. The van der Waals surface area contributed by atoms with Gasteiger partial charge >= 0.3 is 0 Å². The lowest BCUT2D eigenvalue weighted by molar-refractivity contribution is 0.674. The lowest BCUT2D eigenvalue weighted by Crippen LogP contribution is -2.14. The fourth-order valence-corrected chi connectivity index (χ4v) is 2.33. The zero-order chi connectivity index (χ0) is 14.4. The summed E-state index contributed by atoms with van der Waals surface area (Å²) < 4.78 is 2.09. The molecule has 0 radical (unpaired) electrons. The Labute approximate surface area is 122 Å². The largest absolute Gasteiger partial charge is 0.313 e. The van der Waals surface area contributed by atoms with Crippen LogP contribution in [0.15, 0.2) is 30.3 Å². The third-order valence-corrected chi connectivity index (χ3v) is 3.47. The minimum atomic E-state index is 0.922. The number of nitrogens with one attached hydrogen (secondary N) is 1. The second-order valence-corrected chi connectivity index (χ2v) is 5.09. The first-order valence-corrected chi connectivity index (χ1v) is 7.66. The van der Waals surface area contributed by atoms with Gasteiger partial charge in [0.05, 0.1) is 11.4 Å². The molecule has 108 valence electrons. The maximum Gasteiger partial charge on any atom is 0.0652 e. The van der Waals surface area contributed by atoms with Crippen molar-refractivity contribution in [1.29, 1.82) is 0 Å². The van der Waals surface area contributed by atoms with E-state index in [1.165, 1.54) is 17.7 Å². The Balaban J connectivity index is 2.23. The smallest absolute Gasteiger partial charge is 0.0652 e. The van der Waals surface area contributed by atoms with Crippen molar-refractivity contribution in [2.24, 2.45) is 0 Å². The van der Waals surface area contributed by atoms with Crippen molar-refractivity contribution in [2.45, 2.75) is 46.6 Å². The van der Waals surface area contributed by atoms with Gasteiger partial charge in [-0.15, -0.1) is 0 Å². The number of hydrogen-bond acceptors (Lipinski definition) is 2. The molecule has 0 bridgehead atoms. The van der Waals surface area contributed by atoms with Crippen molar-refractivity contribution in [1.82, 2.24) is 15.1 Å². The van der Waals surface area contributed by atoms with Crippen LogP contribution < -0.4 is 5.32 Å². The van der Waals surface area contributed by atoms with E-state index in [4.69, 9.17) is 5.10 Å². The highest BCUT2D eigenvalue weighted by atomic mass is 15.3. The summed E-state index contributed by atoms with van der Waals surface area (Å²) in [6.45, 7) is 8.50. The molecule has 1 heterocycles. The van der Waals surface area contributed by atoms with Gasteiger partial charge in [-0.25, -0.2) is 4.68 Å². The van der Waals surface area contributed by atoms with E-state index in [1.807, 2.05) is 0 Å². The zero-order valence-electron chi connectivity index (χ0n) is 12.8. The Morgan fingerprint density at radius 3 is 2.65 bits per heavy atom. The molecule has 3 heteroatoms. The fourth-order valence-electron chi connectivity index (χ4n) is 2.33. The molecule has 0 saturated carbocycles. The Morgan fingerprint density at radius 2 is 1.95 bits per heavy atom. The van der Waals surface area contributed by atoms with Crippen molar-refractivity contribution >= 4 is 0 Å². The Hall–Kier alpha value is -1.61. The van der Waals surface area contributed by atoms with Gasteiger partial charge in [-0.05, 0) is 49.6 Å². The molecule has 0 unspecified atom stereocenters. The molecule has 0 spiro atoms. The minimum absolute atomic E-state index is 0.922. The van der Waals surface area contributed by atoms with Gasteiger partial charge in [-0.1, -0.05) is 32.9 Å². The minimum Gasteiger partial charge on any atom is -0.313 e. The third-order valence-electron chi connectivity index (χ3n) is 3.47. The van der Waals surface area contributed by atoms with E-state index in [1.54, 1.807) is 0 Å². The predicted molar refractivity (Wildman–Crippen MR) is 84.3 cm³/mol. The summed E-state index contributed by atoms with van der Waals surface area (Å²) in [5.41, 5.74) is 4.92. The maximum absolute atomic E-state index is 4.70. The summed E-state index contributed by atoms with van der Waals surface area (Å²) in [5, 5.41) is 8.15. The lowest BCUT2D eigenvalue weighted by atomic mass is 10.2. The van der Waals surface area contributed by atoms with E-state index in [9.17, 15) is 0 Å². The van der Waals surface area contributed by atoms with Crippen LogP contribution in [-0.2, 0) is 19.4 Å². The highest BCUT2D eigenvalue weighted by Crippen LogP contribution is 2.15. The Morgan fingerprint density at radius 1 is 1.10 bits per heavy atom. The lowest BCUT2D eigenvalue weighted by Gasteiger charge is -2.09. The summed E-state index contributed by atoms with van der Waals surface area (Å²) in [6, 6.07) is 10.9. The molecule has 0 aliphatic heterocycles. The summed E-state index contributed by atoms with van der Waals surface area (Å²) in [6.07, 6.45) is 3.15. The van der Waals surface area contributed by atoms with Crippen LogP contribution in [0.1, 0.15) is 44.1 Å². The van der Waals surface area contributed by atoms with Gasteiger partial charge in [-0.2, -0.15) is 5.10 Å². The van der Waals surface area contributed by atoms with Crippen molar-refractivity contribution < 1.29 is 0 Å². The molecule has 0 amide bonds. The van der Waals surface area contributed by atoms with Gasteiger partial charge in [-0.3, -0.25) is 0 Å². The van der Waals surface area contributed by atoms with E-state index >= 15 is 0 Å². The van der Waals surface area contributed by atoms with Crippen LogP contribution in [0.5, 0.6) is 0 Å². The maximum atomic E-state index is 4.70. The average molecular weight is 271 g/mol. The molecule has 2 rings (SSSR count). The van der Waals surface area contributed by atoms with E-state index in [0.717, 1.165) is 37.3 Å². The first-order chi connectivity index (χ1) is 9.78. The van der Waals surface area contributed by atoms with Crippen molar-refractivity contribution in [3.05, 3.63) is 47.3 Å². The van der Waals surface area contributed by atoms with E-state index in [2.05, 4.69) is 61.1 Å². The number of aromatic nitrogens is 2. The molecule has 0 atom stereocenters. The Kier molecular flexibility index (Phi) is 5.36. The van der Waals surface area contributed by atoms with Crippen LogP contribution in [0.25, 0.3) is 5.69 Å². The van der Waals surface area contributed by atoms with E-state index in [0.29, 0.717) is 0 Å². The molecule has 0 fully saturated rings. The quantitative estimate of drug-likeness (QED) is 0.781. The molecule has 1 aromatic carbocycles. The number of benzene rings is 1. The third kappa shape index (κ3) is 3.48. The summed E-state index contributed by atoms with van der Waals surface area (Å²) in [7, 11) is 0. The molecule has 0 aliphatic carbocycles. The zero-order valence-corrected chi connectivity index (χ0v) is 12.8. The molecule has 2 aromatic rings. The second kappa shape index (κ2) is 7.25. The van der Waals surface area contributed by atoms with Crippen LogP contribution in [0.4, 0.5) is 0 Å². The fraction of sp³-hybridized carbons (Fsp3) is 0.471. The topological polar surface area (TPSA) is 29.9 Å². The van der Waals surface area contributed by atoms with Gasteiger partial charge in [0.1, 0.15) is 0 Å². The van der Waals surface area contributed by atoms with Gasteiger partial charge in [0.15, 0.2) is 0 Å². The standard InChI is InChI=1S/C17H25N3/c1-4-10-18-13-14-8-7-9-17(11-14)20-16(6-3)12-15(5-2)19-20/h7-9,11-12,18H,4-6,10,13H2,1-3H3. The van der Waals surface area contributed by atoms with Crippen molar-refractivity contribution in [3.63, 3.8) is 0 Å². The molecular formula is C17H25N3. The average Bonchev–Trinajstić information content (AvgIpc) is 2.91. The monoisotopic (exact) mass is 271 g/mol. The SMILES string of the molecule is CCCNCc1cccc(-n2nc(CC)cc2CC)c1. The summed E-state index contributed by atoms with van der Waals surface area (Å²) in [4.78, 5) is 0. The van der Waals surface area contributed by atoms with Crippen molar-refractivity contribution in [3.8, 4) is 5.69 Å². The molecule has 1 aromatic heterocycles. The number of rotatable bonds is 7. The van der Waals surface area contributed by atoms with Crippen LogP contribution in [0.2, 0.25) is 0 Å². The van der Waals surface area contributed by atoms with E-state index < -0.39 is 0 Å². The van der Waals surface area contributed by atoms with Crippen LogP contribution >= 0.6 is 0 Å². The molecule has 0 aliphatic rings. The predicted octanol–water partition coefficient (Wildman–Crippen LogP) is 3.50. The first-order valence-electron chi connectivity index (χ1n) is 7.66. The first kappa shape index (κ1) is 14.8. The van der Waals surface area contributed by atoms with Crippen molar-refractivity contribution in [2.75, 3.05) is 6.54 Å². The van der Waals surface area contributed by atoms with Crippen LogP contribution in [-0.4, -0.2) is 16.3 Å². The summed E-state index contributed by atoms with van der Waals surface area (Å²) in [5.74, 6) is 0. The van der Waals surface area contributed by atoms with Gasteiger partial charge in [0.25, 0.3) is 0 Å². The van der Waals surface area contributed by atoms with Crippen LogP contribution in [0, 0.1) is 0 Å². The number of aryl methyl sites for hydroxylation is 2. The molecule has 20 heavy (non-hydrogen) atoms. The van der Waals surface area contributed by atoms with Gasteiger partial charge in [0, 0.05) is 12.2 Å². The molecular weight excluding hydrogens is 246 g/mol. The molecule has 1 N–H and O–H groups in total. The van der Waals surface area contributed by atoms with E-state index in [-0.39, 0.29) is 0 Å². The normalized spacial score (nSPS) is 10.9. The highest BCUT2D eigenvalue weighted by molar-refractivity contribution is 5.37. The van der Waals surface area contributed by atoms with Gasteiger partial charge < -0.3 is 5.32 Å².